The zero-order valence-corrected chi connectivity index (χ0v) is 11.8. The fraction of sp³-hybridized carbons (Fsp3) is 0.111. The Kier molecular flexibility index (Phi) is 3.88. The van der Waals surface area contributed by atoms with E-state index in [1.807, 2.05) is 42.5 Å². The molecule has 0 saturated heterocycles. The molecule has 2 aromatic rings. The van der Waals surface area contributed by atoms with Crippen molar-refractivity contribution in [2.45, 2.75) is 12.1 Å². The quantitative estimate of drug-likeness (QED) is 0.878. The van der Waals surface area contributed by atoms with Crippen molar-refractivity contribution in [3.8, 4) is 6.07 Å². The van der Waals surface area contributed by atoms with E-state index in [4.69, 9.17) is 10.00 Å². The van der Waals surface area contributed by atoms with Gasteiger partial charge in [0.1, 0.15) is 6.10 Å². The van der Waals surface area contributed by atoms with Crippen molar-refractivity contribution >= 4 is 11.7 Å². The molecule has 0 aromatic heterocycles. The van der Waals surface area contributed by atoms with Gasteiger partial charge in [-0.05, 0) is 35.9 Å². The summed E-state index contributed by atoms with van der Waals surface area (Å²) in [6.07, 6.45) is 2.77. The third-order valence-electron chi connectivity index (χ3n) is 3.47. The third-order valence-corrected chi connectivity index (χ3v) is 3.47. The molecule has 4 heteroatoms. The van der Waals surface area contributed by atoms with Gasteiger partial charge >= 0.3 is 5.97 Å². The minimum Gasteiger partial charge on any atom is -0.452 e. The molecule has 0 bridgehead atoms. The number of ether oxygens (including phenoxy) is 1. The van der Waals surface area contributed by atoms with Crippen LogP contribution in [-0.2, 0) is 9.53 Å². The summed E-state index contributed by atoms with van der Waals surface area (Å²) in [6.45, 7) is 0. The average molecular weight is 290 g/mol. The van der Waals surface area contributed by atoms with Crippen LogP contribution in [0.25, 0.3) is 0 Å². The summed E-state index contributed by atoms with van der Waals surface area (Å²) in [5.74, 6) is -0.346. The first kappa shape index (κ1) is 13.9. The van der Waals surface area contributed by atoms with Crippen molar-refractivity contribution in [1.29, 1.82) is 5.26 Å². The molecule has 3 rings (SSSR count). The van der Waals surface area contributed by atoms with Gasteiger partial charge in [-0.3, -0.25) is 0 Å². The largest absolute Gasteiger partial charge is 0.452 e. The molecule has 0 spiro atoms. The summed E-state index contributed by atoms with van der Waals surface area (Å²) in [5.41, 5.74) is 2.39. The van der Waals surface area contributed by atoms with Crippen LogP contribution in [0.4, 0.5) is 5.69 Å². The molecule has 0 aliphatic carbocycles. The van der Waals surface area contributed by atoms with Crippen molar-refractivity contribution in [2.24, 2.45) is 0 Å². The number of nitrogens with zero attached hydrogens (tertiary/aromatic N) is 1. The Balaban J connectivity index is 1.93. The van der Waals surface area contributed by atoms with Crippen LogP contribution in [-0.4, -0.2) is 12.1 Å². The number of carbonyl (C=O) groups is 1. The molecule has 0 amide bonds. The fourth-order valence-electron chi connectivity index (χ4n) is 2.44. The summed E-state index contributed by atoms with van der Waals surface area (Å²) in [7, 11) is 0. The lowest BCUT2D eigenvalue weighted by molar-refractivity contribution is -0.139. The number of benzene rings is 2. The highest BCUT2D eigenvalue weighted by Gasteiger charge is 2.28. The molecule has 1 aliphatic rings. The Hall–Kier alpha value is -3.06. The molecule has 4 nitrogen and oxygen atoms in total. The fourth-order valence-corrected chi connectivity index (χ4v) is 2.44. The summed E-state index contributed by atoms with van der Waals surface area (Å²) in [6, 6.07) is 18.9. The topological polar surface area (TPSA) is 62.1 Å². The lowest BCUT2D eigenvalue weighted by Gasteiger charge is -2.24. The molecule has 2 unspecified atom stereocenters. The van der Waals surface area contributed by atoms with Gasteiger partial charge in [0.25, 0.3) is 0 Å². The van der Waals surface area contributed by atoms with Gasteiger partial charge in [0.2, 0.25) is 0 Å². The molecule has 108 valence electrons. The first-order valence-electron chi connectivity index (χ1n) is 6.97. The molecule has 0 fully saturated rings. The van der Waals surface area contributed by atoms with Gasteiger partial charge in [-0.25, -0.2) is 4.79 Å². The van der Waals surface area contributed by atoms with E-state index < -0.39 is 6.10 Å². The Morgan fingerprint density at radius 3 is 2.64 bits per heavy atom. The molecule has 1 heterocycles. The van der Waals surface area contributed by atoms with Crippen LogP contribution >= 0.6 is 0 Å². The van der Waals surface area contributed by atoms with Gasteiger partial charge in [-0.2, -0.15) is 5.26 Å². The Morgan fingerprint density at radius 1 is 1.14 bits per heavy atom. The summed E-state index contributed by atoms with van der Waals surface area (Å²) in [5, 5.41) is 12.4. The number of carbonyl (C=O) groups excluding carboxylic acids is 1. The first-order valence-corrected chi connectivity index (χ1v) is 6.97. The van der Waals surface area contributed by atoms with E-state index in [2.05, 4.69) is 11.4 Å². The minimum absolute atomic E-state index is 0.251. The zero-order valence-electron chi connectivity index (χ0n) is 11.8. The number of hydrogen-bond donors (Lipinski definition) is 1. The van der Waals surface area contributed by atoms with Gasteiger partial charge in [0.15, 0.2) is 0 Å². The highest BCUT2D eigenvalue weighted by molar-refractivity contribution is 5.84. The SMILES string of the molecule is N#Cc1cccc(C(Nc2ccccc2)C2C=CC(=O)O2)c1. The van der Waals surface area contributed by atoms with Crippen molar-refractivity contribution in [1.82, 2.24) is 0 Å². The van der Waals surface area contributed by atoms with Crippen LogP contribution in [0, 0.1) is 11.3 Å². The molecule has 0 radical (unpaired) electrons. The van der Waals surface area contributed by atoms with E-state index in [0.29, 0.717) is 5.56 Å². The third kappa shape index (κ3) is 2.99. The van der Waals surface area contributed by atoms with Crippen molar-refractivity contribution in [3.63, 3.8) is 0 Å². The van der Waals surface area contributed by atoms with Crippen molar-refractivity contribution in [3.05, 3.63) is 77.9 Å². The highest BCUT2D eigenvalue weighted by atomic mass is 16.5. The average Bonchev–Trinajstić information content (AvgIpc) is 3.00. The van der Waals surface area contributed by atoms with Gasteiger partial charge in [-0.15, -0.1) is 0 Å². The van der Waals surface area contributed by atoms with E-state index in [-0.39, 0.29) is 12.0 Å². The molecule has 22 heavy (non-hydrogen) atoms. The first-order chi connectivity index (χ1) is 10.8. The lowest BCUT2D eigenvalue weighted by Crippen LogP contribution is -2.25. The van der Waals surface area contributed by atoms with Crippen LogP contribution in [0.5, 0.6) is 0 Å². The number of anilines is 1. The zero-order chi connectivity index (χ0) is 15.4. The maximum atomic E-state index is 11.4. The van der Waals surface area contributed by atoms with Crippen LogP contribution in [0.3, 0.4) is 0 Å². The molecule has 1 N–H and O–H groups in total. The summed E-state index contributed by atoms with van der Waals surface area (Å²) >= 11 is 0. The normalized spacial score (nSPS) is 17.6. The van der Waals surface area contributed by atoms with E-state index in [1.54, 1.807) is 18.2 Å². The highest BCUT2D eigenvalue weighted by Crippen LogP contribution is 2.28. The van der Waals surface area contributed by atoms with Gasteiger partial charge in [-0.1, -0.05) is 30.3 Å². The summed E-state index contributed by atoms with van der Waals surface area (Å²) in [4.78, 5) is 11.4. The lowest BCUT2D eigenvalue weighted by atomic mass is 9.99. The molecule has 0 saturated carbocycles. The van der Waals surface area contributed by atoms with Gasteiger partial charge < -0.3 is 10.1 Å². The number of cyclic esters (lactones) is 1. The molecular formula is C18H14N2O2. The minimum atomic E-state index is -0.401. The Labute approximate surface area is 128 Å². The second-order valence-electron chi connectivity index (χ2n) is 4.99. The van der Waals surface area contributed by atoms with Crippen LogP contribution in [0.15, 0.2) is 66.7 Å². The van der Waals surface area contributed by atoms with Crippen LogP contribution in [0.2, 0.25) is 0 Å². The van der Waals surface area contributed by atoms with Crippen molar-refractivity contribution < 1.29 is 9.53 Å². The van der Waals surface area contributed by atoms with Crippen LogP contribution < -0.4 is 5.32 Å². The number of nitriles is 1. The predicted molar refractivity (Wildman–Crippen MR) is 83.0 cm³/mol. The number of hydrogen-bond acceptors (Lipinski definition) is 4. The van der Waals surface area contributed by atoms with Gasteiger partial charge in [0.05, 0.1) is 17.7 Å². The predicted octanol–water partition coefficient (Wildman–Crippen LogP) is 3.19. The Bertz CT molecular complexity index is 747. The molecule has 1 aliphatic heterocycles. The van der Waals surface area contributed by atoms with Crippen molar-refractivity contribution in [2.75, 3.05) is 5.32 Å². The molecule has 2 atom stereocenters. The van der Waals surface area contributed by atoms with E-state index >= 15 is 0 Å². The molecular weight excluding hydrogens is 276 g/mol. The van der Waals surface area contributed by atoms with E-state index in [9.17, 15) is 4.79 Å². The van der Waals surface area contributed by atoms with Gasteiger partial charge in [0, 0.05) is 11.8 Å². The van der Waals surface area contributed by atoms with Crippen LogP contribution in [0.1, 0.15) is 17.2 Å². The Morgan fingerprint density at radius 2 is 1.95 bits per heavy atom. The monoisotopic (exact) mass is 290 g/mol. The smallest absolute Gasteiger partial charge is 0.331 e. The maximum absolute atomic E-state index is 11.4. The molecule has 2 aromatic carbocycles. The standard InChI is InChI=1S/C18H14N2O2/c19-12-13-5-4-6-14(11-13)18(16-9-10-17(21)22-16)20-15-7-2-1-3-8-15/h1-11,16,18,20H. The van der Waals surface area contributed by atoms with E-state index in [0.717, 1.165) is 11.3 Å². The number of rotatable bonds is 4. The van der Waals surface area contributed by atoms with E-state index in [1.165, 1.54) is 6.08 Å². The number of para-hydroxylation sites is 1. The number of nitrogens with one attached hydrogen (secondary N) is 1. The number of esters is 1. The maximum Gasteiger partial charge on any atom is 0.331 e. The second-order valence-corrected chi connectivity index (χ2v) is 4.99. The second kappa shape index (κ2) is 6.15. The summed E-state index contributed by atoms with van der Waals surface area (Å²) < 4.78 is 5.33.